The van der Waals surface area contributed by atoms with Gasteiger partial charge in [0.25, 0.3) is 0 Å². The Hall–Kier alpha value is 0.210. The maximum atomic E-state index is 8.98. The van der Waals surface area contributed by atoms with Crippen molar-refractivity contribution in [3.8, 4) is 0 Å². The number of halogens is 2. The zero-order chi connectivity index (χ0) is 9.98. The molecule has 2 nitrogen and oxygen atoms in total. The fourth-order valence-corrected chi connectivity index (χ4v) is 0.678. The molecule has 0 aromatic carbocycles. The number of carbonyl (C=O) groups is 1. The van der Waals surface area contributed by atoms with Crippen LogP contribution in [-0.4, -0.2) is 30.2 Å². The largest absolute Gasteiger partial charge is 0.313 e. The van der Waals surface area contributed by atoms with Crippen molar-refractivity contribution in [1.82, 2.24) is 4.90 Å². The van der Waals surface area contributed by atoms with E-state index in [0.717, 1.165) is 0 Å². The molecule has 0 amide bonds. The van der Waals surface area contributed by atoms with E-state index in [-0.39, 0.29) is 0 Å². The lowest BCUT2D eigenvalue weighted by atomic mass is 10.2. The summed E-state index contributed by atoms with van der Waals surface area (Å²) in [5.41, 5.74) is 0. The van der Waals surface area contributed by atoms with Crippen LogP contribution in [0.15, 0.2) is 0 Å². The summed E-state index contributed by atoms with van der Waals surface area (Å²) in [5, 5.41) is 0. The minimum atomic E-state index is -0.889. The molecule has 0 atom stereocenters. The van der Waals surface area contributed by atoms with Crippen LogP contribution >= 0.6 is 23.2 Å². The van der Waals surface area contributed by atoms with Crippen molar-refractivity contribution in [1.29, 1.82) is 0 Å². The summed E-state index contributed by atoms with van der Waals surface area (Å²) in [5.74, 6) is 0. The van der Waals surface area contributed by atoms with E-state index in [0.29, 0.717) is 0 Å². The number of rotatable bonds is 4. The first kappa shape index (κ1) is 14.7. The van der Waals surface area contributed by atoms with Gasteiger partial charge in [-0.25, -0.2) is 0 Å². The molecule has 0 heterocycles. The van der Waals surface area contributed by atoms with Gasteiger partial charge in [-0.1, -0.05) is 19.8 Å². The van der Waals surface area contributed by atoms with Gasteiger partial charge in [-0.2, -0.15) is 0 Å². The van der Waals surface area contributed by atoms with Crippen molar-refractivity contribution < 1.29 is 4.79 Å². The number of hydrogen-bond acceptors (Lipinski definition) is 2. The van der Waals surface area contributed by atoms with E-state index in [1.54, 1.807) is 0 Å². The normalized spacial score (nSPS) is 9.17. The zero-order valence-electron chi connectivity index (χ0n) is 7.94. The first-order chi connectivity index (χ1) is 5.50. The number of hydrogen-bond donors (Lipinski definition) is 0. The third-order valence-electron chi connectivity index (χ3n) is 1.21. The van der Waals surface area contributed by atoms with Crippen LogP contribution in [-0.2, 0) is 0 Å². The molecule has 0 unspecified atom stereocenters. The summed E-state index contributed by atoms with van der Waals surface area (Å²) in [6, 6.07) is 0. The predicted octanol–water partition coefficient (Wildman–Crippen LogP) is 3.32. The smallest absolute Gasteiger partial charge is 0.309 e. The number of unbranched alkanes of at least 4 members (excludes halogenated alkanes) is 2. The molecule has 0 saturated carbocycles. The molecule has 12 heavy (non-hydrogen) atoms. The van der Waals surface area contributed by atoms with Crippen LogP contribution in [0.3, 0.4) is 0 Å². The minimum Gasteiger partial charge on any atom is -0.309 e. The maximum absolute atomic E-state index is 8.98. The molecule has 0 spiro atoms. The Kier molecular flexibility index (Phi) is 13.7. The maximum Gasteiger partial charge on any atom is 0.313 e. The summed E-state index contributed by atoms with van der Waals surface area (Å²) in [6.45, 7) is 3.48. The second-order valence-corrected chi connectivity index (χ2v) is 3.62. The van der Waals surface area contributed by atoms with Crippen LogP contribution in [0.1, 0.15) is 26.2 Å². The Balaban J connectivity index is 0. The Morgan fingerprint density at radius 1 is 1.25 bits per heavy atom. The molecular weight excluding hydrogens is 197 g/mol. The van der Waals surface area contributed by atoms with E-state index < -0.39 is 4.70 Å². The Labute approximate surface area is 84.8 Å². The van der Waals surface area contributed by atoms with Gasteiger partial charge in [0.2, 0.25) is 0 Å². The fraction of sp³-hybridized carbons (Fsp3) is 0.875. The van der Waals surface area contributed by atoms with E-state index in [1.165, 1.54) is 25.8 Å². The first-order valence-electron chi connectivity index (χ1n) is 4.00. The third kappa shape index (κ3) is 31.9. The molecule has 0 radical (unpaired) electrons. The third-order valence-corrected chi connectivity index (χ3v) is 1.21. The van der Waals surface area contributed by atoms with Crippen molar-refractivity contribution in [2.45, 2.75) is 26.2 Å². The van der Waals surface area contributed by atoms with Crippen molar-refractivity contribution in [2.24, 2.45) is 0 Å². The van der Waals surface area contributed by atoms with Crippen LogP contribution in [0.25, 0.3) is 0 Å². The zero-order valence-corrected chi connectivity index (χ0v) is 9.45. The van der Waals surface area contributed by atoms with Crippen molar-refractivity contribution in [3.63, 3.8) is 0 Å². The second kappa shape index (κ2) is 11.2. The highest BCUT2D eigenvalue weighted by molar-refractivity contribution is 6.93. The highest BCUT2D eigenvalue weighted by Gasteiger charge is 1.86. The van der Waals surface area contributed by atoms with Crippen LogP contribution in [0.5, 0.6) is 0 Å². The Bertz CT molecular complexity index is 103. The van der Waals surface area contributed by atoms with Crippen molar-refractivity contribution >= 4 is 27.9 Å². The van der Waals surface area contributed by atoms with E-state index in [9.17, 15) is 0 Å². The van der Waals surface area contributed by atoms with E-state index in [2.05, 4.69) is 49.1 Å². The summed E-state index contributed by atoms with van der Waals surface area (Å²) < 4.78 is -0.889. The summed E-state index contributed by atoms with van der Waals surface area (Å²) in [6.07, 6.45) is 4.05. The Morgan fingerprint density at radius 3 is 1.92 bits per heavy atom. The highest BCUT2D eigenvalue weighted by Crippen LogP contribution is 1.93. The topological polar surface area (TPSA) is 20.3 Å². The van der Waals surface area contributed by atoms with Gasteiger partial charge in [0.1, 0.15) is 0 Å². The quantitative estimate of drug-likeness (QED) is 0.528. The van der Waals surface area contributed by atoms with Gasteiger partial charge in [-0.15, -0.1) is 0 Å². The lowest BCUT2D eigenvalue weighted by Crippen LogP contribution is -2.12. The molecule has 0 aliphatic heterocycles. The highest BCUT2D eigenvalue weighted by atomic mass is 35.5. The molecular formula is C8H17Cl2NO. The minimum absolute atomic E-state index is 0.889. The van der Waals surface area contributed by atoms with Crippen LogP contribution in [0, 0.1) is 0 Å². The van der Waals surface area contributed by atoms with Crippen LogP contribution < -0.4 is 0 Å². The molecule has 0 aliphatic rings. The second-order valence-electron chi connectivity index (χ2n) is 2.74. The number of nitrogens with zero attached hydrogens (tertiary/aromatic N) is 1. The van der Waals surface area contributed by atoms with Crippen molar-refractivity contribution in [3.05, 3.63) is 0 Å². The Morgan fingerprint density at radius 2 is 1.67 bits per heavy atom. The predicted molar refractivity (Wildman–Crippen MR) is 55.2 cm³/mol. The standard InChI is InChI=1S/C7H17N.CCl2O/c1-4-5-6-7-8(2)3;2-1(3)4/h4-7H2,1-3H3;. The van der Waals surface area contributed by atoms with Gasteiger partial charge in [-0.05, 0) is 50.3 Å². The van der Waals surface area contributed by atoms with Crippen LogP contribution in [0.2, 0.25) is 0 Å². The average Bonchev–Trinajstić information content (AvgIpc) is 1.86. The van der Waals surface area contributed by atoms with E-state index in [4.69, 9.17) is 4.79 Å². The molecule has 0 saturated heterocycles. The molecule has 0 bridgehead atoms. The first-order valence-corrected chi connectivity index (χ1v) is 4.76. The van der Waals surface area contributed by atoms with E-state index >= 15 is 0 Å². The molecule has 4 heteroatoms. The SMILES string of the molecule is CCCCCN(C)C.O=C(Cl)Cl. The van der Waals surface area contributed by atoms with Gasteiger partial charge in [0.15, 0.2) is 0 Å². The summed E-state index contributed by atoms with van der Waals surface area (Å²) in [7, 11) is 4.24. The van der Waals surface area contributed by atoms with Gasteiger partial charge < -0.3 is 4.90 Å². The van der Waals surface area contributed by atoms with Gasteiger partial charge in [0, 0.05) is 0 Å². The van der Waals surface area contributed by atoms with Crippen molar-refractivity contribution in [2.75, 3.05) is 20.6 Å². The number of carbonyl (C=O) groups excluding carboxylic acids is 1. The molecule has 0 N–H and O–H groups in total. The molecule has 0 aliphatic carbocycles. The fourth-order valence-electron chi connectivity index (χ4n) is 0.678. The van der Waals surface area contributed by atoms with Crippen LogP contribution in [0.4, 0.5) is 4.79 Å². The van der Waals surface area contributed by atoms with Gasteiger partial charge in [0.05, 0.1) is 0 Å². The van der Waals surface area contributed by atoms with Gasteiger partial charge in [-0.3, -0.25) is 4.79 Å². The van der Waals surface area contributed by atoms with Gasteiger partial charge >= 0.3 is 4.70 Å². The summed E-state index contributed by atoms with van der Waals surface area (Å²) in [4.78, 5) is 11.2. The molecule has 0 aromatic heterocycles. The lowest BCUT2D eigenvalue weighted by Gasteiger charge is -2.06. The molecule has 0 aromatic rings. The van der Waals surface area contributed by atoms with E-state index in [1.807, 2.05) is 0 Å². The monoisotopic (exact) mass is 213 g/mol. The summed E-state index contributed by atoms with van der Waals surface area (Å²) >= 11 is 8.80. The average molecular weight is 214 g/mol. The molecule has 0 fully saturated rings. The lowest BCUT2D eigenvalue weighted by molar-refractivity contribution is 0.275. The molecule has 0 rings (SSSR count). The molecule has 74 valence electrons.